The highest BCUT2D eigenvalue weighted by molar-refractivity contribution is 5.85. The standard InChI is InChI=1S/C14H20N2O3/c1-9-12(7-15)16(14(9)17)8-10-4-5-11(18-2)6-13(10)19-3/h4-6,9,12H,7-8,15H2,1-3H3/t9-,12?/m0/s1. The van der Waals surface area contributed by atoms with Crippen LogP contribution >= 0.6 is 0 Å². The highest BCUT2D eigenvalue weighted by Crippen LogP contribution is 2.31. The summed E-state index contributed by atoms with van der Waals surface area (Å²) in [6.07, 6.45) is 0. The zero-order chi connectivity index (χ0) is 14.0. The fourth-order valence-corrected chi connectivity index (χ4v) is 2.47. The van der Waals surface area contributed by atoms with Crippen LogP contribution in [0.3, 0.4) is 0 Å². The zero-order valence-electron chi connectivity index (χ0n) is 11.6. The predicted molar refractivity (Wildman–Crippen MR) is 72.1 cm³/mol. The van der Waals surface area contributed by atoms with Crippen molar-refractivity contribution in [2.24, 2.45) is 11.7 Å². The van der Waals surface area contributed by atoms with Gasteiger partial charge in [0.05, 0.1) is 26.2 Å². The molecule has 1 aliphatic rings. The molecule has 0 radical (unpaired) electrons. The summed E-state index contributed by atoms with van der Waals surface area (Å²) in [4.78, 5) is 13.7. The van der Waals surface area contributed by atoms with Crippen molar-refractivity contribution in [1.29, 1.82) is 0 Å². The van der Waals surface area contributed by atoms with Crippen LogP contribution in [0.25, 0.3) is 0 Å². The van der Waals surface area contributed by atoms with E-state index in [-0.39, 0.29) is 17.9 Å². The minimum Gasteiger partial charge on any atom is -0.497 e. The zero-order valence-corrected chi connectivity index (χ0v) is 11.6. The number of hydrogen-bond donors (Lipinski definition) is 1. The number of hydrogen-bond acceptors (Lipinski definition) is 4. The normalized spacial score (nSPS) is 22.1. The molecule has 2 atom stereocenters. The SMILES string of the molecule is COc1ccc(CN2C(=O)[C@@H](C)C2CN)c(OC)c1. The number of methoxy groups -OCH3 is 2. The number of carbonyl (C=O) groups is 1. The minimum absolute atomic E-state index is 0.0224. The second-order valence-electron chi connectivity index (χ2n) is 4.74. The molecule has 19 heavy (non-hydrogen) atoms. The second kappa shape index (κ2) is 5.48. The number of benzene rings is 1. The minimum atomic E-state index is 0.0224. The summed E-state index contributed by atoms with van der Waals surface area (Å²) >= 11 is 0. The van der Waals surface area contributed by atoms with Gasteiger partial charge in [0, 0.05) is 24.7 Å². The molecule has 5 heteroatoms. The van der Waals surface area contributed by atoms with Crippen LogP contribution in [-0.2, 0) is 11.3 Å². The Morgan fingerprint density at radius 1 is 1.32 bits per heavy atom. The van der Waals surface area contributed by atoms with Gasteiger partial charge in [-0.15, -0.1) is 0 Å². The first-order valence-corrected chi connectivity index (χ1v) is 6.33. The Balaban J connectivity index is 2.17. The van der Waals surface area contributed by atoms with Crippen LogP contribution in [0.4, 0.5) is 0 Å². The van der Waals surface area contributed by atoms with E-state index in [0.29, 0.717) is 13.1 Å². The number of ether oxygens (including phenoxy) is 2. The lowest BCUT2D eigenvalue weighted by Gasteiger charge is -2.45. The van der Waals surface area contributed by atoms with E-state index in [1.807, 2.05) is 25.1 Å². The smallest absolute Gasteiger partial charge is 0.228 e. The molecule has 0 aromatic heterocycles. The van der Waals surface area contributed by atoms with Gasteiger partial charge in [-0.3, -0.25) is 4.79 Å². The molecular weight excluding hydrogens is 244 g/mol. The first-order valence-electron chi connectivity index (χ1n) is 6.33. The number of likely N-dealkylation sites (tertiary alicyclic amines) is 1. The molecule has 1 aromatic rings. The summed E-state index contributed by atoms with van der Waals surface area (Å²) in [5.74, 6) is 1.63. The molecule has 1 saturated heterocycles. The van der Waals surface area contributed by atoms with Crippen LogP contribution in [-0.4, -0.2) is 37.6 Å². The van der Waals surface area contributed by atoms with E-state index in [4.69, 9.17) is 15.2 Å². The van der Waals surface area contributed by atoms with E-state index in [1.165, 1.54) is 0 Å². The van der Waals surface area contributed by atoms with Crippen LogP contribution in [0.5, 0.6) is 11.5 Å². The number of β-lactam (4-membered cyclic amide) rings is 1. The van der Waals surface area contributed by atoms with Crippen molar-refractivity contribution >= 4 is 5.91 Å². The fraction of sp³-hybridized carbons (Fsp3) is 0.500. The monoisotopic (exact) mass is 264 g/mol. The molecular formula is C14H20N2O3. The van der Waals surface area contributed by atoms with Crippen LogP contribution in [0, 0.1) is 5.92 Å². The Hall–Kier alpha value is -1.75. The van der Waals surface area contributed by atoms with Crippen LogP contribution in [0.1, 0.15) is 12.5 Å². The van der Waals surface area contributed by atoms with Gasteiger partial charge in [-0.05, 0) is 12.1 Å². The van der Waals surface area contributed by atoms with Crippen molar-refractivity contribution in [3.8, 4) is 11.5 Å². The van der Waals surface area contributed by atoms with Crippen LogP contribution < -0.4 is 15.2 Å². The molecule has 104 valence electrons. The summed E-state index contributed by atoms with van der Waals surface area (Å²) < 4.78 is 10.5. The summed E-state index contributed by atoms with van der Waals surface area (Å²) in [5.41, 5.74) is 6.66. The molecule has 5 nitrogen and oxygen atoms in total. The first-order chi connectivity index (χ1) is 9.12. The molecule has 1 aromatic carbocycles. The maximum Gasteiger partial charge on any atom is 0.228 e. The van der Waals surface area contributed by atoms with Gasteiger partial charge >= 0.3 is 0 Å². The molecule has 2 rings (SSSR count). The van der Waals surface area contributed by atoms with Gasteiger partial charge in [-0.1, -0.05) is 6.92 Å². The molecule has 0 bridgehead atoms. The van der Waals surface area contributed by atoms with Gasteiger partial charge in [0.1, 0.15) is 11.5 Å². The van der Waals surface area contributed by atoms with E-state index < -0.39 is 0 Å². The van der Waals surface area contributed by atoms with E-state index in [9.17, 15) is 4.79 Å². The van der Waals surface area contributed by atoms with Crippen LogP contribution in [0.15, 0.2) is 18.2 Å². The molecule has 0 aliphatic carbocycles. The third-order valence-electron chi connectivity index (χ3n) is 3.73. The third-order valence-corrected chi connectivity index (χ3v) is 3.73. The summed E-state index contributed by atoms with van der Waals surface area (Å²) in [5, 5.41) is 0. The van der Waals surface area contributed by atoms with Crippen molar-refractivity contribution in [1.82, 2.24) is 4.90 Å². The molecule has 1 fully saturated rings. The third kappa shape index (κ3) is 2.38. The van der Waals surface area contributed by atoms with Gasteiger partial charge in [-0.2, -0.15) is 0 Å². The lowest BCUT2D eigenvalue weighted by Crippen LogP contribution is -2.62. The number of nitrogens with two attached hydrogens (primary N) is 1. The van der Waals surface area contributed by atoms with Gasteiger partial charge in [0.25, 0.3) is 0 Å². The number of rotatable bonds is 5. The quantitative estimate of drug-likeness (QED) is 0.806. The van der Waals surface area contributed by atoms with E-state index >= 15 is 0 Å². The fourth-order valence-electron chi connectivity index (χ4n) is 2.47. The first kappa shape index (κ1) is 13.7. The van der Waals surface area contributed by atoms with E-state index in [0.717, 1.165) is 17.1 Å². The van der Waals surface area contributed by atoms with Crippen molar-refractivity contribution in [2.45, 2.75) is 19.5 Å². The summed E-state index contributed by atoms with van der Waals surface area (Å²) in [6.45, 7) is 2.94. The van der Waals surface area contributed by atoms with Crippen molar-refractivity contribution in [3.63, 3.8) is 0 Å². The lowest BCUT2D eigenvalue weighted by atomic mass is 9.88. The van der Waals surface area contributed by atoms with Crippen LogP contribution in [0.2, 0.25) is 0 Å². The molecule has 1 aliphatic heterocycles. The Morgan fingerprint density at radius 3 is 2.63 bits per heavy atom. The van der Waals surface area contributed by atoms with Gasteiger partial charge in [-0.25, -0.2) is 0 Å². The molecule has 1 unspecified atom stereocenters. The molecule has 1 amide bonds. The lowest BCUT2D eigenvalue weighted by molar-refractivity contribution is -0.155. The second-order valence-corrected chi connectivity index (χ2v) is 4.74. The van der Waals surface area contributed by atoms with E-state index in [1.54, 1.807) is 19.1 Å². The molecule has 2 N–H and O–H groups in total. The van der Waals surface area contributed by atoms with Crippen molar-refractivity contribution < 1.29 is 14.3 Å². The average molecular weight is 264 g/mol. The summed E-state index contributed by atoms with van der Waals surface area (Å²) in [7, 11) is 3.22. The topological polar surface area (TPSA) is 64.8 Å². The van der Waals surface area contributed by atoms with Gasteiger partial charge in [0.2, 0.25) is 5.91 Å². The highest BCUT2D eigenvalue weighted by Gasteiger charge is 2.43. The Morgan fingerprint density at radius 2 is 2.05 bits per heavy atom. The number of carbonyl (C=O) groups excluding carboxylic acids is 1. The Bertz CT molecular complexity index is 476. The largest absolute Gasteiger partial charge is 0.497 e. The van der Waals surface area contributed by atoms with Crippen molar-refractivity contribution in [3.05, 3.63) is 23.8 Å². The van der Waals surface area contributed by atoms with Gasteiger partial charge in [0.15, 0.2) is 0 Å². The van der Waals surface area contributed by atoms with Gasteiger partial charge < -0.3 is 20.1 Å². The maximum atomic E-state index is 11.9. The van der Waals surface area contributed by atoms with Crippen molar-refractivity contribution in [2.75, 3.05) is 20.8 Å². The predicted octanol–water partition coefficient (Wildman–Crippen LogP) is 1.01. The summed E-state index contributed by atoms with van der Waals surface area (Å²) in [6, 6.07) is 5.73. The molecule has 0 spiro atoms. The number of amides is 1. The molecule has 0 saturated carbocycles. The Kier molecular flexibility index (Phi) is 3.95. The maximum absolute atomic E-state index is 11.9. The van der Waals surface area contributed by atoms with E-state index in [2.05, 4.69) is 0 Å². The highest BCUT2D eigenvalue weighted by atomic mass is 16.5. The average Bonchev–Trinajstić information content (AvgIpc) is 2.46. The Labute approximate surface area is 113 Å². The number of nitrogens with zero attached hydrogens (tertiary/aromatic N) is 1. The molecule has 1 heterocycles.